The maximum Gasteiger partial charge on any atom is 0.237 e. The molecule has 1 aliphatic rings. The van der Waals surface area contributed by atoms with Gasteiger partial charge in [0.05, 0.1) is 5.92 Å². The van der Waals surface area contributed by atoms with Gasteiger partial charge in [0.2, 0.25) is 11.8 Å². The van der Waals surface area contributed by atoms with Gasteiger partial charge in [0, 0.05) is 30.6 Å². The molecule has 3 rings (SSSR count). The Labute approximate surface area is 102 Å². The Morgan fingerprint density at radius 3 is 2.83 bits per heavy atom. The maximum absolute atomic E-state index is 13.3. The third kappa shape index (κ3) is 1.44. The van der Waals surface area contributed by atoms with Gasteiger partial charge in [0.15, 0.2) is 0 Å². The molecule has 2 heterocycles. The lowest BCUT2D eigenvalue weighted by molar-refractivity contribution is -0.137. The Morgan fingerprint density at radius 1 is 1.39 bits per heavy atom. The quantitative estimate of drug-likeness (QED) is 0.780. The van der Waals surface area contributed by atoms with Crippen molar-refractivity contribution in [2.24, 2.45) is 0 Å². The van der Waals surface area contributed by atoms with E-state index in [1.54, 1.807) is 12.3 Å². The minimum absolute atomic E-state index is 0.152. The second-order valence-corrected chi connectivity index (χ2v) is 4.48. The summed E-state index contributed by atoms with van der Waals surface area (Å²) in [5.41, 5.74) is 1.45. The van der Waals surface area contributed by atoms with Crippen LogP contribution in [0.15, 0.2) is 24.4 Å². The van der Waals surface area contributed by atoms with E-state index in [-0.39, 0.29) is 24.1 Å². The first-order chi connectivity index (χ1) is 8.58. The second-order valence-electron chi connectivity index (χ2n) is 4.48. The number of nitrogens with zero attached hydrogens (tertiary/aromatic N) is 1. The summed E-state index contributed by atoms with van der Waals surface area (Å²) in [5.74, 6) is -1.28. The first kappa shape index (κ1) is 11.0. The number of carbonyl (C=O) groups excluding carboxylic acids is 2. The van der Waals surface area contributed by atoms with Gasteiger partial charge in [-0.2, -0.15) is 0 Å². The molecule has 1 saturated heterocycles. The summed E-state index contributed by atoms with van der Waals surface area (Å²) in [6, 6.07) is 4.37. The lowest BCUT2D eigenvalue weighted by Gasteiger charge is -2.07. The van der Waals surface area contributed by atoms with E-state index in [2.05, 4.69) is 4.98 Å². The van der Waals surface area contributed by atoms with Crippen molar-refractivity contribution in [3.8, 4) is 0 Å². The van der Waals surface area contributed by atoms with Crippen LogP contribution < -0.4 is 0 Å². The van der Waals surface area contributed by atoms with Crippen LogP contribution in [0.3, 0.4) is 0 Å². The number of benzene rings is 1. The van der Waals surface area contributed by atoms with E-state index in [1.165, 1.54) is 19.2 Å². The van der Waals surface area contributed by atoms with E-state index in [0.29, 0.717) is 10.9 Å². The Bertz CT molecular complexity index is 662. The van der Waals surface area contributed by atoms with Crippen LogP contribution in [0.5, 0.6) is 0 Å². The normalized spacial score (nSPS) is 20.1. The predicted molar refractivity (Wildman–Crippen MR) is 63.4 cm³/mol. The van der Waals surface area contributed by atoms with Gasteiger partial charge in [-0.15, -0.1) is 0 Å². The molecule has 1 unspecified atom stereocenters. The Kier molecular flexibility index (Phi) is 2.23. The Balaban J connectivity index is 2.13. The SMILES string of the molecule is CN1C(=O)CC(c2c[nH]c3ccc(F)cc23)C1=O. The van der Waals surface area contributed by atoms with Gasteiger partial charge >= 0.3 is 0 Å². The third-order valence-electron chi connectivity index (χ3n) is 3.43. The average Bonchev–Trinajstić information content (AvgIpc) is 2.86. The molecule has 0 saturated carbocycles. The van der Waals surface area contributed by atoms with E-state index in [1.807, 2.05) is 0 Å². The standard InChI is InChI=1S/C13H11FN2O2/c1-16-12(17)5-9(13(16)18)10-6-15-11-3-2-7(14)4-8(10)11/h2-4,6,9,15H,5H2,1H3. The fraction of sp³-hybridized carbons (Fsp3) is 0.231. The minimum Gasteiger partial charge on any atom is -0.361 e. The molecular weight excluding hydrogens is 235 g/mol. The van der Waals surface area contributed by atoms with Gasteiger partial charge in [-0.05, 0) is 23.8 Å². The van der Waals surface area contributed by atoms with Crippen molar-refractivity contribution in [2.45, 2.75) is 12.3 Å². The smallest absolute Gasteiger partial charge is 0.237 e. The molecule has 92 valence electrons. The summed E-state index contributed by atoms with van der Waals surface area (Å²) in [6.07, 6.45) is 1.83. The number of hydrogen-bond acceptors (Lipinski definition) is 2. The van der Waals surface area contributed by atoms with Gasteiger partial charge < -0.3 is 4.98 Å². The number of aromatic amines is 1. The van der Waals surface area contributed by atoms with Crippen molar-refractivity contribution in [1.82, 2.24) is 9.88 Å². The molecule has 5 heteroatoms. The summed E-state index contributed by atoms with van der Waals surface area (Å²) in [6.45, 7) is 0. The van der Waals surface area contributed by atoms with Crippen LogP contribution in [0.25, 0.3) is 10.9 Å². The number of aromatic nitrogens is 1. The molecule has 2 amide bonds. The zero-order chi connectivity index (χ0) is 12.9. The van der Waals surface area contributed by atoms with Crippen molar-refractivity contribution in [2.75, 3.05) is 7.05 Å². The first-order valence-electron chi connectivity index (χ1n) is 5.65. The van der Waals surface area contributed by atoms with Crippen molar-refractivity contribution in [3.63, 3.8) is 0 Å². The number of imide groups is 1. The van der Waals surface area contributed by atoms with Gasteiger partial charge in [-0.25, -0.2) is 4.39 Å². The minimum atomic E-state index is -0.502. The maximum atomic E-state index is 13.3. The van der Waals surface area contributed by atoms with Gasteiger partial charge in [0.25, 0.3) is 0 Å². The van der Waals surface area contributed by atoms with Gasteiger partial charge in [-0.1, -0.05) is 0 Å². The summed E-state index contributed by atoms with van der Waals surface area (Å²) in [4.78, 5) is 27.6. The predicted octanol–water partition coefficient (Wildman–Crippen LogP) is 1.78. The second kappa shape index (κ2) is 3.66. The molecule has 0 bridgehead atoms. The monoisotopic (exact) mass is 246 g/mol. The summed E-state index contributed by atoms with van der Waals surface area (Å²) < 4.78 is 13.3. The van der Waals surface area contributed by atoms with Crippen LogP contribution in [0.2, 0.25) is 0 Å². The van der Waals surface area contributed by atoms with Crippen LogP contribution >= 0.6 is 0 Å². The number of hydrogen-bond donors (Lipinski definition) is 1. The van der Waals surface area contributed by atoms with Crippen molar-refractivity contribution in [3.05, 3.63) is 35.8 Å². The van der Waals surface area contributed by atoms with Crippen LogP contribution in [0.4, 0.5) is 4.39 Å². The lowest BCUT2D eigenvalue weighted by atomic mass is 9.97. The van der Waals surface area contributed by atoms with Crippen LogP contribution in [-0.2, 0) is 9.59 Å². The van der Waals surface area contributed by atoms with E-state index in [0.717, 1.165) is 10.4 Å². The molecule has 0 radical (unpaired) electrons. The average molecular weight is 246 g/mol. The molecule has 1 aliphatic heterocycles. The molecule has 4 nitrogen and oxygen atoms in total. The van der Waals surface area contributed by atoms with Crippen LogP contribution in [0.1, 0.15) is 17.9 Å². The topological polar surface area (TPSA) is 53.2 Å². The number of fused-ring (bicyclic) bond motifs is 1. The highest BCUT2D eigenvalue weighted by molar-refractivity contribution is 6.07. The van der Waals surface area contributed by atoms with Gasteiger partial charge in [-0.3, -0.25) is 14.5 Å². The molecule has 1 aromatic heterocycles. The number of carbonyl (C=O) groups is 2. The fourth-order valence-corrected chi connectivity index (χ4v) is 2.40. The van der Waals surface area contributed by atoms with E-state index < -0.39 is 5.92 Å². The largest absolute Gasteiger partial charge is 0.361 e. The summed E-state index contributed by atoms with van der Waals surface area (Å²) in [7, 11) is 1.47. The first-order valence-corrected chi connectivity index (χ1v) is 5.65. The number of H-pyrrole nitrogens is 1. The Hall–Kier alpha value is -2.17. The number of halogens is 1. The molecule has 1 atom stereocenters. The highest BCUT2D eigenvalue weighted by atomic mass is 19.1. The lowest BCUT2D eigenvalue weighted by Crippen LogP contribution is -2.25. The number of nitrogens with one attached hydrogen (secondary N) is 1. The zero-order valence-corrected chi connectivity index (χ0v) is 9.74. The van der Waals surface area contributed by atoms with Crippen molar-refractivity contribution < 1.29 is 14.0 Å². The van der Waals surface area contributed by atoms with Crippen LogP contribution in [0, 0.1) is 5.82 Å². The highest BCUT2D eigenvalue weighted by Gasteiger charge is 2.38. The van der Waals surface area contributed by atoms with Crippen LogP contribution in [-0.4, -0.2) is 28.7 Å². The third-order valence-corrected chi connectivity index (χ3v) is 3.43. The number of likely N-dealkylation sites (N-methyl/N-ethyl adjacent to an activating group) is 1. The molecular formula is C13H11FN2O2. The highest BCUT2D eigenvalue weighted by Crippen LogP contribution is 2.33. The van der Waals surface area contributed by atoms with Crippen molar-refractivity contribution >= 4 is 22.7 Å². The number of likely N-dealkylation sites (tertiary alicyclic amines) is 1. The Morgan fingerprint density at radius 2 is 2.17 bits per heavy atom. The molecule has 0 spiro atoms. The molecule has 1 N–H and O–H groups in total. The van der Waals surface area contributed by atoms with Crippen molar-refractivity contribution in [1.29, 1.82) is 0 Å². The molecule has 2 aromatic rings. The number of rotatable bonds is 1. The zero-order valence-electron chi connectivity index (χ0n) is 9.74. The molecule has 18 heavy (non-hydrogen) atoms. The molecule has 0 aliphatic carbocycles. The van der Waals surface area contributed by atoms with E-state index >= 15 is 0 Å². The van der Waals surface area contributed by atoms with E-state index in [9.17, 15) is 14.0 Å². The summed E-state index contributed by atoms with van der Waals surface area (Å²) >= 11 is 0. The molecule has 1 fully saturated rings. The molecule has 1 aromatic carbocycles. The summed E-state index contributed by atoms with van der Waals surface area (Å²) in [5, 5.41) is 0.663. The fourth-order valence-electron chi connectivity index (χ4n) is 2.40. The van der Waals surface area contributed by atoms with Gasteiger partial charge in [0.1, 0.15) is 5.82 Å². The van der Waals surface area contributed by atoms with E-state index in [4.69, 9.17) is 0 Å². The number of amides is 2.